The van der Waals surface area contributed by atoms with E-state index in [1.807, 2.05) is 36.4 Å². The molecule has 3 aromatic carbocycles. The van der Waals surface area contributed by atoms with Gasteiger partial charge in [-0.25, -0.2) is 9.37 Å². The molecule has 0 amide bonds. The van der Waals surface area contributed by atoms with Gasteiger partial charge in [0.1, 0.15) is 17.3 Å². The van der Waals surface area contributed by atoms with Crippen molar-refractivity contribution in [3.8, 4) is 11.3 Å². The lowest BCUT2D eigenvalue weighted by molar-refractivity contribution is 0.628. The van der Waals surface area contributed by atoms with Gasteiger partial charge in [0.25, 0.3) is 0 Å². The standard InChI is InChI=1S/C24H20FN5/c1-16(17-8-3-2-4-9-17)15-26-23-20-12-5-6-13-21(20)30-24(27-23)22(28-29-30)18-10-7-11-19(25)14-18/h2-14,16H,15H2,1H3,(H,26,27)/t16-/m1/s1. The molecule has 0 fully saturated rings. The molecule has 2 aromatic heterocycles. The maximum Gasteiger partial charge on any atom is 0.186 e. The van der Waals surface area contributed by atoms with Gasteiger partial charge in [0.2, 0.25) is 0 Å². The Balaban J connectivity index is 1.59. The molecular formula is C24H20FN5. The maximum atomic E-state index is 13.8. The largest absolute Gasteiger partial charge is 0.369 e. The van der Waals surface area contributed by atoms with Gasteiger partial charge in [0.05, 0.1) is 5.52 Å². The van der Waals surface area contributed by atoms with Crippen LogP contribution in [0.4, 0.5) is 10.2 Å². The first-order chi connectivity index (χ1) is 14.7. The number of aromatic nitrogens is 4. The van der Waals surface area contributed by atoms with Crippen LogP contribution >= 0.6 is 0 Å². The van der Waals surface area contributed by atoms with Gasteiger partial charge in [0.15, 0.2) is 5.65 Å². The molecule has 30 heavy (non-hydrogen) atoms. The second-order valence-electron chi connectivity index (χ2n) is 7.35. The molecule has 6 heteroatoms. The quantitative estimate of drug-likeness (QED) is 0.437. The first-order valence-corrected chi connectivity index (χ1v) is 9.89. The highest BCUT2D eigenvalue weighted by Gasteiger charge is 2.16. The smallest absolute Gasteiger partial charge is 0.186 e. The van der Waals surface area contributed by atoms with E-state index in [0.29, 0.717) is 22.8 Å². The van der Waals surface area contributed by atoms with Gasteiger partial charge in [0, 0.05) is 17.5 Å². The fourth-order valence-corrected chi connectivity index (χ4v) is 3.67. The van der Waals surface area contributed by atoms with Crippen LogP contribution in [0.2, 0.25) is 0 Å². The van der Waals surface area contributed by atoms with Crippen molar-refractivity contribution in [1.82, 2.24) is 19.8 Å². The highest BCUT2D eigenvalue weighted by atomic mass is 19.1. The topological polar surface area (TPSA) is 55.1 Å². The van der Waals surface area contributed by atoms with Crippen molar-refractivity contribution >= 4 is 22.4 Å². The van der Waals surface area contributed by atoms with Gasteiger partial charge < -0.3 is 5.32 Å². The molecule has 0 radical (unpaired) electrons. The zero-order valence-corrected chi connectivity index (χ0v) is 16.5. The van der Waals surface area contributed by atoms with Crippen LogP contribution < -0.4 is 5.32 Å². The Morgan fingerprint density at radius 2 is 1.77 bits per heavy atom. The predicted molar refractivity (Wildman–Crippen MR) is 117 cm³/mol. The van der Waals surface area contributed by atoms with Crippen LogP contribution in [0, 0.1) is 5.82 Å². The summed E-state index contributed by atoms with van der Waals surface area (Å²) in [5, 5.41) is 13.1. The van der Waals surface area contributed by atoms with Crippen molar-refractivity contribution in [2.75, 3.05) is 11.9 Å². The normalized spacial score (nSPS) is 12.3. The van der Waals surface area contributed by atoms with E-state index < -0.39 is 0 Å². The highest BCUT2D eigenvalue weighted by Crippen LogP contribution is 2.28. The van der Waals surface area contributed by atoms with E-state index in [1.165, 1.54) is 17.7 Å². The zero-order chi connectivity index (χ0) is 20.5. The number of para-hydroxylation sites is 1. The summed E-state index contributed by atoms with van der Waals surface area (Å²) in [6.45, 7) is 2.91. The highest BCUT2D eigenvalue weighted by molar-refractivity contribution is 5.93. The summed E-state index contributed by atoms with van der Waals surface area (Å²) in [6, 6.07) is 24.7. The Hall–Kier alpha value is -3.80. The van der Waals surface area contributed by atoms with Crippen LogP contribution in [0.1, 0.15) is 18.4 Å². The molecular weight excluding hydrogens is 377 g/mol. The van der Waals surface area contributed by atoms with E-state index in [0.717, 1.165) is 23.3 Å². The summed E-state index contributed by atoms with van der Waals surface area (Å²) in [4.78, 5) is 4.84. The molecule has 5 aromatic rings. The van der Waals surface area contributed by atoms with Crippen LogP contribution in [0.15, 0.2) is 78.9 Å². The van der Waals surface area contributed by atoms with Gasteiger partial charge in [-0.3, -0.25) is 0 Å². The van der Waals surface area contributed by atoms with Gasteiger partial charge in [-0.05, 0) is 35.7 Å². The average Bonchev–Trinajstić information content (AvgIpc) is 3.22. The van der Waals surface area contributed by atoms with Gasteiger partial charge in [-0.2, -0.15) is 4.52 Å². The number of hydrogen-bond donors (Lipinski definition) is 1. The number of fused-ring (bicyclic) bond motifs is 3. The van der Waals surface area contributed by atoms with Crippen LogP contribution in [0.5, 0.6) is 0 Å². The van der Waals surface area contributed by atoms with Crippen molar-refractivity contribution in [3.63, 3.8) is 0 Å². The summed E-state index contributed by atoms with van der Waals surface area (Å²) in [5.41, 5.74) is 3.96. The van der Waals surface area contributed by atoms with Crippen LogP contribution in [0.3, 0.4) is 0 Å². The van der Waals surface area contributed by atoms with Gasteiger partial charge in [-0.1, -0.05) is 66.7 Å². The average molecular weight is 397 g/mol. The zero-order valence-electron chi connectivity index (χ0n) is 16.5. The van der Waals surface area contributed by atoms with E-state index >= 15 is 0 Å². The molecule has 0 bridgehead atoms. The van der Waals surface area contributed by atoms with Crippen molar-refractivity contribution in [3.05, 3.63) is 90.2 Å². The van der Waals surface area contributed by atoms with E-state index in [4.69, 9.17) is 4.98 Å². The third kappa shape index (κ3) is 3.26. The maximum absolute atomic E-state index is 13.8. The van der Waals surface area contributed by atoms with Gasteiger partial charge >= 0.3 is 0 Å². The van der Waals surface area contributed by atoms with Crippen molar-refractivity contribution in [1.29, 1.82) is 0 Å². The third-order valence-electron chi connectivity index (χ3n) is 5.29. The number of nitrogens with zero attached hydrogens (tertiary/aromatic N) is 4. The second-order valence-corrected chi connectivity index (χ2v) is 7.35. The number of hydrogen-bond acceptors (Lipinski definition) is 4. The second kappa shape index (κ2) is 7.55. The number of halogens is 1. The summed E-state index contributed by atoms with van der Waals surface area (Å²) in [5.74, 6) is 0.763. The number of rotatable bonds is 5. The first kappa shape index (κ1) is 18.2. The van der Waals surface area contributed by atoms with Crippen LogP contribution in [-0.4, -0.2) is 26.4 Å². The molecule has 0 saturated carbocycles. The fourth-order valence-electron chi connectivity index (χ4n) is 3.67. The lowest BCUT2D eigenvalue weighted by Gasteiger charge is -2.15. The Labute approximate surface area is 173 Å². The fraction of sp³-hybridized carbons (Fsp3) is 0.125. The first-order valence-electron chi connectivity index (χ1n) is 9.89. The Bertz CT molecular complexity index is 1330. The molecule has 2 heterocycles. The summed E-state index contributed by atoms with van der Waals surface area (Å²) in [7, 11) is 0. The monoisotopic (exact) mass is 397 g/mol. The molecule has 1 atom stereocenters. The summed E-state index contributed by atoms with van der Waals surface area (Å²) >= 11 is 0. The molecule has 0 unspecified atom stereocenters. The van der Waals surface area contributed by atoms with Crippen molar-refractivity contribution in [2.24, 2.45) is 0 Å². The number of anilines is 1. The molecule has 0 aliphatic carbocycles. The molecule has 0 saturated heterocycles. The minimum atomic E-state index is -0.315. The molecule has 1 N–H and O–H groups in total. The Morgan fingerprint density at radius 3 is 2.60 bits per heavy atom. The van der Waals surface area contributed by atoms with E-state index in [9.17, 15) is 4.39 Å². The minimum Gasteiger partial charge on any atom is -0.369 e. The molecule has 148 valence electrons. The lowest BCUT2D eigenvalue weighted by atomic mass is 10.0. The number of nitrogens with one attached hydrogen (secondary N) is 1. The van der Waals surface area contributed by atoms with E-state index in [2.05, 4.69) is 46.8 Å². The van der Waals surface area contributed by atoms with E-state index in [1.54, 1.807) is 10.6 Å². The van der Waals surface area contributed by atoms with Crippen molar-refractivity contribution in [2.45, 2.75) is 12.8 Å². The summed E-state index contributed by atoms with van der Waals surface area (Å²) < 4.78 is 15.5. The van der Waals surface area contributed by atoms with Crippen molar-refractivity contribution < 1.29 is 4.39 Å². The summed E-state index contributed by atoms with van der Waals surface area (Å²) in [6.07, 6.45) is 0. The molecule has 5 rings (SSSR count). The molecule has 5 nitrogen and oxygen atoms in total. The lowest BCUT2D eigenvalue weighted by Crippen LogP contribution is -2.12. The van der Waals surface area contributed by atoms with Crippen LogP contribution in [0.25, 0.3) is 27.8 Å². The SMILES string of the molecule is C[C@H](CNc1nc2c(-c3cccc(F)c3)nnn2c2ccccc12)c1ccccc1. The van der Waals surface area contributed by atoms with Crippen LogP contribution in [-0.2, 0) is 0 Å². The number of benzene rings is 3. The van der Waals surface area contributed by atoms with E-state index in [-0.39, 0.29) is 5.82 Å². The molecule has 0 aliphatic rings. The molecule has 0 spiro atoms. The predicted octanol–water partition coefficient (Wildman–Crippen LogP) is 5.30. The third-order valence-corrected chi connectivity index (χ3v) is 5.29. The Kier molecular flexibility index (Phi) is 4.59. The minimum absolute atomic E-state index is 0.314. The van der Waals surface area contributed by atoms with Gasteiger partial charge in [-0.15, -0.1) is 5.10 Å². The Morgan fingerprint density at radius 1 is 0.967 bits per heavy atom. The molecule has 0 aliphatic heterocycles.